The monoisotopic (exact) mass is 300 g/mol. The zero-order chi connectivity index (χ0) is 16.1. The molecule has 1 atom stereocenters. The molecule has 2 rings (SSSR count). The van der Waals surface area contributed by atoms with E-state index < -0.39 is 0 Å². The second-order valence-electron chi connectivity index (χ2n) is 6.19. The normalized spacial score (nSPS) is 17.3. The van der Waals surface area contributed by atoms with Crippen molar-refractivity contribution < 1.29 is 14.3 Å². The minimum absolute atomic E-state index is 0.299. The van der Waals surface area contributed by atoms with E-state index in [9.17, 15) is 4.79 Å². The van der Waals surface area contributed by atoms with Crippen molar-refractivity contribution in [3.8, 4) is 5.75 Å². The maximum atomic E-state index is 11.9. The molecule has 0 aliphatic heterocycles. The molecule has 0 fully saturated rings. The Morgan fingerprint density at radius 3 is 2.77 bits per heavy atom. The Morgan fingerprint density at radius 2 is 2.14 bits per heavy atom. The average molecular weight is 300 g/mol. The van der Waals surface area contributed by atoms with Crippen LogP contribution in [0.3, 0.4) is 0 Å². The van der Waals surface area contributed by atoms with Gasteiger partial charge in [-0.15, -0.1) is 0 Å². The van der Waals surface area contributed by atoms with Gasteiger partial charge in [0.2, 0.25) is 0 Å². The predicted octanol–water partition coefficient (Wildman–Crippen LogP) is 4.53. The number of allylic oxidation sites excluding steroid dienone is 3. The summed E-state index contributed by atoms with van der Waals surface area (Å²) in [5, 5.41) is 0. The quantitative estimate of drug-likeness (QED) is 0.749. The van der Waals surface area contributed by atoms with Crippen LogP contribution in [0.25, 0.3) is 0 Å². The molecule has 3 nitrogen and oxygen atoms in total. The Hall–Kier alpha value is -2.03. The number of ether oxygens (including phenoxy) is 2. The van der Waals surface area contributed by atoms with Crippen LogP contribution in [0.4, 0.5) is 0 Å². The number of carbonyl (C=O) groups excluding carboxylic acids is 1. The van der Waals surface area contributed by atoms with Crippen LogP contribution in [0.15, 0.2) is 42.2 Å². The third kappa shape index (κ3) is 4.23. The first-order chi connectivity index (χ1) is 10.5. The molecule has 0 N–H and O–H groups in total. The summed E-state index contributed by atoms with van der Waals surface area (Å²) in [5.74, 6) is 2.26. The van der Waals surface area contributed by atoms with Crippen LogP contribution in [0, 0.1) is 11.8 Å². The number of hydrogen-bond acceptors (Lipinski definition) is 3. The van der Waals surface area contributed by atoms with Crippen molar-refractivity contribution in [1.82, 2.24) is 0 Å². The van der Waals surface area contributed by atoms with Crippen molar-refractivity contribution in [2.24, 2.45) is 11.8 Å². The van der Waals surface area contributed by atoms with Crippen LogP contribution in [-0.4, -0.2) is 13.1 Å². The highest BCUT2D eigenvalue weighted by Crippen LogP contribution is 2.25. The lowest BCUT2D eigenvalue weighted by molar-refractivity contribution is 0.0599. The molecule has 22 heavy (non-hydrogen) atoms. The second-order valence-corrected chi connectivity index (χ2v) is 6.19. The first kappa shape index (κ1) is 16.3. The lowest BCUT2D eigenvalue weighted by atomic mass is 9.97. The van der Waals surface area contributed by atoms with Gasteiger partial charge in [-0.05, 0) is 60.6 Å². The number of esters is 1. The highest BCUT2D eigenvalue weighted by atomic mass is 16.5. The standard InChI is InChI=1S/C19H24O3/c1-13(2)10-15-12-17(8-9-18(15)19(20)21-4)22-16-7-5-6-14(3)11-16/h5,7-9,11-14H,6,10H2,1-4H3. The molecule has 1 aliphatic rings. The van der Waals surface area contributed by atoms with Gasteiger partial charge >= 0.3 is 5.97 Å². The maximum absolute atomic E-state index is 11.9. The summed E-state index contributed by atoms with van der Waals surface area (Å²) in [6.07, 6.45) is 8.10. The Bertz CT molecular complexity index is 597. The van der Waals surface area contributed by atoms with E-state index in [0.717, 1.165) is 29.9 Å². The van der Waals surface area contributed by atoms with E-state index in [2.05, 4.69) is 32.9 Å². The largest absolute Gasteiger partial charge is 0.465 e. The van der Waals surface area contributed by atoms with Crippen molar-refractivity contribution in [3.05, 3.63) is 53.3 Å². The summed E-state index contributed by atoms with van der Waals surface area (Å²) < 4.78 is 10.8. The second kappa shape index (κ2) is 7.30. The Morgan fingerprint density at radius 1 is 1.36 bits per heavy atom. The Labute approximate surface area is 132 Å². The number of benzene rings is 1. The molecule has 0 spiro atoms. The SMILES string of the molecule is COC(=O)c1ccc(OC2=CC(C)CC=C2)cc1CC(C)C. The average Bonchev–Trinajstić information content (AvgIpc) is 2.46. The molecule has 0 aromatic heterocycles. The minimum Gasteiger partial charge on any atom is -0.465 e. The zero-order valence-corrected chi connectivity index (χ0v) is 13.8. The lowest BCUT2D eigenvalue weighted by Gasteiger charge is -2.16. The van der Waals surface area contributed by atoms with Gasteiger partial charge in [-0.1, -0.05) is 26.8 Å². The van der Waals surface area contributed by atoms with Crippen LogP contribution in [-0.2, 0) is 11.2 Å². The van der Waals surface area contributed by atoms with E-state index in [0.29, 0.717) is 17.4 Å². The van der Waals surface area contributed by atoms with Crippen molar-refractivity contribution in [2.75, 3.05) is 7.11 Å². The van der Waals surface area contributed by atoms with Gasteiger partial charge in [0.25, 0.3) is 0 Å². The molecule has 1 aromatic rings. The number of carbonyl (C=O) groups is 1. The van der Waals surface area contributed by atoms with E-state index in [1.54, 1.807) is 6.07 Å². The molecule has 1 aliphatic carbocycles. The minimum atomic E-state index is -0.299. The Kier molecular flexibility index (Phi) is 5.42. The fourth-order valence-corrected chi connectivity index (χ4v) is 2.56. The van der Waals surface area contributed by atoms with Crippen LogP contribution in [0.2, 0.25) is 0 Å². The van der Waals surface area contributed by atoms with Crippen molar-refractivity contribution in [1.29, 1.82) is 0 Å². The van der Waals surface area contributed by atoms with Gasteiger partial charge in [-0.25, -0.2) is 4.79 Å². The third-order valence-electron chi connectivity index (χ3n) is 3.58. The van der Waals surface area contributed by atoms with Crippen LogP contribution >= 0.6 is 0 Å². The highest BCUT2D eigenvalue weighted by molar-refractivity contribution is 5.91. The Balaban J connectivity index is 2.26. The van der Waals surface area contributed by atoms with Gasteiger partial charge in [0.1, 0.15) is 11.5 Å². The number of hydrogen-bond donors (Lipinski definition) is 0. The molecular formula is C19H24O3. The molecule has 1 aromatic carbocycles. The summed E-state index contributed by atoms with van der Waals surface area (Å²) in [6, 6.07) is 5.56. The molecule has 0 saturated carbocycles. The molecular weight excluding hydrogens is 276 g/mol. The number of rotatable bonds is 5. The van der Waals surface area contributed by atoms with E-state index in [1.165, 1.54) is 7.11 Å². The van der Waals surface area contributed by atoms with E-state index >= 15 is 0 Å². The summed E-state index contributed by atoms with van der Waals surface area (Å²) >= 11 is 0. The molecule has 3 heteroatoms. The summed E-state index contributed by atoms with van der Waals surface area (Å²) in [4.78, 5) is 11.9. The summed E-state index contributed by atoms with van der Waals surface area (Å²) in [5.41, 5.74) is 1.58. The fourth-order valence-electron chi connectivity index (χ4n) is 2.56. The topological polar surface area (TPSA) is 35.5 Å². The molecule has 0 bridgehead atoms. The van der Waals surface area contributed by atoms with Crippen LogP contribution in [0.5, 0.6) is 5.75 Å². The molecule has 0 heterocycles. The third-order valence-corrected chi connectivity index (χ3v) is 3.58. The maximum Gasteiger partial charge on any atom is 0.338 e. The van der Waals surface area contributed by atoms with E-state index in [4.69, 9.17) is 9.47 Å². The molecule has 118 valence electrons. The highest BCUT2D eigenvalue weighted by Gasteiger charge is 2.15. The van der Waals surface area contributed by atoms with Gasteiger partial charge in [-0.3, -0.25) is 0 Å². The molecule has 0 amide bonds. The molecule has 0 radical (unpaired) electrons. The smallest absolute Gasteiger partial charge is 0.338 e. The molecule has 1 unspecified atom stereocenters. The van der Waals surface area contributed by atoms with E-state index in [-0.39, 0.29) is 5.97 Å². The number of methoxy groups -OCH3 is 1. The predicted molar refractivity (Wildman–Crippen MR) is 88.0 cm³/mol. The lowest BCUT2D eigenvalue weighted by Crippen LogP contribution is -2.08. The van der Waals surface area contributed by atoms with Gasteiger partial charge in [0.15, 0.2) is 0 Å². The van der Waals surface area contributed by atoms with Gasteiger partial charge in [-0.2, -0.15) is 0 Å². The van der Waals surface area contributed by atoms with Gasteiger partial charge in [0, 0.05) is 0 Å². The summed E-state index contributed by atoms with van der Waals surface area (Å²) in [7, 11) is 1.41. The summed E-state index contributed by atoms with van der Waals surface area (Å²) in [6.45, 7) is 6.42. The molecule has 0 saturated heterocycles. The first-order valence-electron chi connectivity index (χ1n) is 7.77. The van der Waals surface area contributed by atoms with Gasteiger partial charge < -0.3 is 9.47 Å². The van der Waals surface area contributed by atoms with Crippen molar-refractivity contribution in [2.45, 2.75) is 33.6 Å². The van der Waals surface area contributed by atoms with Gasteiger partial charge in [0.05, 0.1) is 12.7 Å². The van der Waals surface area contributed by atoms with E-state index in [1.807, 2.05) is 18.2 Å². The van der Waals surface area contributed by atoms with Crippen molar-refractivity contribution in [3.63, 3.8) is 0 Å². The van der Waals surface area contributed by atoms with Crippen LogP contribution < -0.4 is 4.74 Å². The van der Waals surface area contributed by atoms with Crippen LogP contribution in [0.1, 0.15) is 43.1 Å². The fraction of sp³-hybridized carbons (Fsp3) is 0.421. The van der Waals surface area contributed by atoms with Crippen molar-refractivity contribution >= 4 is 5.97 Å². The zero-order valence-electron chi connectivity index (χ0n) is 13.8. The first-order valence-corrected chi connectivity index (χ1v) is 7.77.